The van der Waals surface area contributed by atoms with Crippen molar-refractivity contribution in [3.05, 3.63) is 0 Å². The Kier molecular flexibility index (Phi) is 5.99. The molecule has 0 N–H and O–H groups in total. The van der Waals surface area contributed by atoms with Gasteiger partial charge in [0, 0.05) is 16.3 Å². The highest BCUT2D eigenvalue weighted by molar-refractivity contribution is 6.34. The Bertz CT molecular complexity index is 124. The second-order valence-corrected chi connectivity index (χ2v) is 7.29. The van der Waals surface area contributed by atoms with Crippen molar-refractivity contribution in [3.8, 4) is 0 Å². The smallest absolute Gasteiger partial charge is 0.0950 e. The van der Waals surface area contributed by atoms with Crippen LogP contribution in [0.5, 0.6) is 0 Å². The summed E-state index contributed by atoms with van der Waals surface area (Å²) in [4.78, 5) is 0. The summed E-state index contributed by atoms with van der Waals surface area (Å²) in [6.45, 7) is 3.73. The molecule has 0 saturated heterocycles. The molecule has 78 valence electrons. The molecule has 1 rings (SSSR count). The van der Waals surface area contributed by atoms with Crippen LogP contribution in [0, 0.1) is 0 Å². The summed E-state index contributed by atoms with van der Waals surface area (Å²) in [5, 5.41) is 0. The minimum absolute atomic E-state index is 0.153. The van der Waals surface area contributed by atoms with Gasteiger partial charge in [-0.2, -0.15) is 0 Å². The molecule has 13 heavy (non-hydrogen) atoms. The van der Waals surface area contributed by atoms with Gasteiger partial charge >= 0.3 is 0 Å². The molecule has 1 aliphatic rings. The van der Waals surface area contributed by atoms with Crippen molar-refractivity contribution in [1.29, 1.82) is 0 Å². The Morgan fingerprint density at radius 3 is 2.62 bits per heavy atom. The molecule has 0 aliphatic heterocycles. The molecule has 0 aromatic rings. The SMILES string of the molecule is CCCN([SiH2]CC[SiH3])C1CCCC1. The normalized spacial score (nSPS) is 19.8. The van der Waals surface area contributed by atoms with E-state index in [0.717, 1.165) is 6.04 Å². The molecule has 0 aromatic carbocycles. The molecule has 1 nitrogen and oxygen atoms in total. The summed E-state index contributed by atoms with van der Waals surface area (Å²) in [7, 11) is 1.57. The summed E-state index contributed by atoms with van der Waals surface area (Å²) in [5.74, 6) is 0. The highest BCUT2D eigenvalue weighted by Crippen LogP contribution is 2.23. The van der Waals surface area contributed by atoms with Gasteiger partial charge in [0.1, 0.15) is 0 Å². The zero-order valence-corrected chi connectivity index (χ0v) is 12.8. The summed E-state index contributed by atoms with van der Waals surface area (Å²) >= 11 is 0. The Labute approximate surface area is 88.6 Å². The summed E-state index contributed by atoms with van der Waals surface area (Å²) in [6, 6.07) is 4.14. The van der Waals surface area contributed by atoms with E-state index in [-0.39, 0.29) is 9.68 Å². The molecule has 0 atom stereocenters. The van der Waals surface area contributed by atoms with Crippen molar-refractivity contribution in [2.75, 3.05) is 6.54 Å². The lowest BCUT2D eigenvalue weighted by Crippen LogP contribution is -2.36. The van der Waals surface area contributed by atoms with Crippen LogP contribution >= 0.6 is 0 Å². The zero-order valence-electron chi connectivity index (χ0n) is 9.39. The molecule has 0 heterocycles. The van der Waals surface area contributed by atoms with Gasteiger partial charge in [-0.15, -0.1) is 0 Å². The van der Waals surface area contributed by atoms with Crippen molar-refractivity contribution < 1.29 is 0 Å². The van der Waals surface area contributed by atoms with Crippen LogP contribution < -0.4 is 0 Å². The quantitative estimate of drug-likeness (QED) is 0.596. The van der Waals surface area contributed by atoms with Gasteiger partial charge in [-0.3, -0.25) is 0 Å². The summed E-state index contributed by atoms with van der Waals surface area (Å²) in [5.41, 5.74) is 0. The fourth-order valence-electron chi connectivity index (χ4n) is 2.39. The van der Waals surface area contributed by atoms with E-state index in [0.29, 0.717) is 0 Å². The lowest BCUT2D eigenvalue weighted by molar-refractivity contribution is 0.334. The van der Waals surface area contributed by atoms with Crippen LogP contribution in [0.1, 0.15) is 39.0 Å². The van der Waals surface area contributed by atoms with E-state index in [2.05, 4.69) is 11.5 Å². The molecule has 1 aliphatic carbocycles. The van der Waals surface area contributed by atoms with Gasteiger partial charge < -0.3 is 4.57 Å². The van der Waals surface area contributed by atoms with Crippen LogP contribution in [-0.4, -0.2) is 37.1 Å². The molecule has 0 aromatic heterocycles. The summed E-state index contributed by atoms with van der Waals surface area (Å²) < 4.78 is 2.89. The van der Waals surface area contributed by atoms with Gasteiger partial charge in [0.2, 0.25) is 0 Å². The highest BCUT2D eigenvalue weighted by Gasteiger charge is 2.20. The first-order valence-electron chi connectivity index (χ1n) is 6.12. The summed E-state index contributed by atoms with van der Waals surface area (Å²) in [6.07, 6.45) is 7.38. The second kappa shape index (κ2) is 6.79. The van der Waals surface area contributed by atoms with E-state index in [1.54, 1.807) is 12.1 Å². The third kappa shape index (κ3) is 3.96. The predicted molar refractivity (Wildman–Crippen MR) is 67.4 cm³/mol. The molecule has 0 unspecified atom stereocenters. The van der Waals surface area contributed by atoms with E-state index < -0.39 is 0 Å². The Morgan fingerprint density at radius 2 is 2.08 bits per heavy atom. The van der Waals surface area contributed by atoms with E-state index >= 15 is 0 Å². The van der Waals surface area contributed by atoms with Crippen LogP contribution in [0.4, 0.5) is 0 Å². The van der Waals surface area contributed by atoms with Gasteiger partial charge in [0.15, 0.2) is 0 Å². The van der Waals surface area contributed by atoms with Crippen molar-refractivity contribution in [3.63, 3.8) is 0 Å². The largest absolute Gasteiger partial charge is 0.326 e. The van der Waals surface area contributed by atoms with Crippen LogP contribution in [0.2, 0.25) is 12.1 Å². The molecule has 1 fully saturated rings. The fraction of sp³-hybridized carbons (Fsp3) is 1.00. The van der Waals surface area contributed by atoms with E-state index in [9.17, 15) is 0 Å². The van der Waals surface area contributed by atoms with Crippen LogP contribution in [0.3, 0.4) is 0 Å². The van der Waals surface area contributed by atoms with Crippen molar-refractivity contribution in [2.24, 2.45) is 0 Å². The minimum Gasteiger partial charge on any atom is -0.326 e. The molecular formula is C10H25NSi2. The van der Waals surface area contributed by atoms with Crippen molar-refractivity contribution in [1.82, 2.24) is 4.57 Å². The molecule has 0 spiro atoms. The molecule has 0 bridgehead atoms. The van der Waals surface area contributed by atoms with E-state index in [4.69, 9.17) is 0 Å². The lowest BCUT2D eigenvalue weighted by atomic mass is 10.2. The third-order valence-corrected chi connectivity index (χ3v) is 7.70. The maximum absolute atomic E-state index is 2.89. The third-order valence-electron chi connectivity index (χ3n) is 3.15. The topological polar surface area (TPSA) is 3.24 Å². The second-order valence-electron chi connectivity index (χ2n) is 4.33. The first-order valence-corrected chi connectivity index (χ1v) is 9.17. The standard InChI is InChI=1S/C10H25NSi2/c1-2-7-11(13-9-8-12)10-5-3-4-6-10/h10H,2-9,13H2,1,12H3. The molecule has 3 heteroatoms. The van der Waals surface area contributed by atoms with E-state index in [1.165, 1.54) is 48.9 Å². The predicted octanol–water partition coefficient (Wildman–Crippen LogP) is 0.927. The van der Waals surface area contributed by atoms with Gasteiger partial charge in [-0.25, -0.2) is 0 Å². The van der Waals surface area contributed by atoms with Gasteiger partial charge in [0.05, 0.1) is 9.68 Å². The first kappa shape index (κ1) is 11.5. The van der Waals surface area contributed by atoms with Gasteiger partial charge in [0.25, 0.3) is 0 Å². The fourth-order valence-corrected chi connectivity index (χ4v) is 5.34. The van der Waals surface area contributed by atoms with Crippen LogP contribution in [0.15, 0.2) is 0 Å². The maximum atomic E-state index is 2.89. The van der Waals surface area contributed by atoms with Crippen molar-refractivity contribution in [2.45, 2.75) is 57.2 Å². The van der Waals surface area contributed by atoms with E-state index in [1.807, 2.05) is 0 Å². The Morgan fingerprint density at radius 1 is 1.38 bits per heavy atom. The van der Waals surface area contributed by atoms with Crippen LogP contribution in [-0.2, 0) is 0 Å². The zero-order chi connectivity index (χ0) is 9.52. The lowest BCUT2D eigenvalue weighted by Gasteiger charge is -2.28. The number of nitrogens with zero attached hydrogens (tertiary/aromatic N) is 1. The average molecular weight is 215 g/mol. The molecular weight excluding hydrogens is 190 g/mol. The number of hydrogen-bond acceptors (Lipinski definition) is 1. The van der Waals surface area contributed by atoms with Gasteiger partial charge in [-0.05, 0) is 25.8 Å². The average Bonchev–Trinajstić information content (AvgIpc) is 2.65. The monoisotopic (exact) mass is 215 g/mol. The number of rotatable bonds is 6. The first-order chi connectivity index (χ1) is 6.38. The molecule has 0 amide bonds. The van der Waals surface area contributed by atoms with Crippen LogP contribution in [0.25, 0.3) is 0 Å². The van der Waals surface area contributed by atoms with Crippen molar-refractivity contribution >= 4 is 19.9 Å². The van der Waals surface area contributed by atoms with Gasteiger partial charge in [-0.1, -0.05) is 31.9 Å². The molecule has 1 saturated carbocycles. The number of hydrogen-bond donors (Lipinski definition) is 0. The maximum Gasteiger partial charge on any atom is 0.0950 e. The molecule has 0 radical (unpaired) electrons. The Balaban J connectivity index is 2.26. The Hall–Kier alpha value is 0.394. The highest BCUT2D eigenvalue weighted by atomic mass is 28.2. The minimum atomic E-state index is 0.153.